The molecule has 1 heterocycles. The maximum Gasteiger partial charge on any atom is 0.277 e. The van der Waals surface area contributed by atoms with Gasteiger partial charge in [-0.15, -0.1) is 10.2 Å². The monoisotopic (exact) mass is 324 g/mol. The van der Waals surface area contributed by atoms with Crippen LogP contribution in [0.25, 0.3) is 11.5 Å². The Labute approximate surface area is 141 Å². The van der Waals surface area contributed by atoms with Crippen molar-refractivity contribution in [3.8, 4) is 11.5 Å². The van der Waals surface area contributed by atoms with E-state index >= 15 is 0 Å². The maximum absolute atomic E-state index is 5.81. The molecule has 4 heteroatoms. The van der Waals surface area contributed by atoms with Crippen molar-refractivity contribution < 1.29 is 4.42 Å². The van der Waals surface area contributed by atoms with E-state index in [1.165, 1.54) is 5.56 Å². The van der Waals surface area contributed by atoms with E-state index in [4.69, 9.17) is 4.42 Å². The number of aromatic nitrogens is 2. The fraction of sp³-hybridized carbons (Fsp3) is 0.263. The predicted octanol–water partition coefficient (Wildman–Crippen LogP) is 5.16. The molecule has 23 heavy (non-hydrogen) atoms. The fourth-order valence-corrected chi connectivity index (χ4v) is 3.22. The zero-order chi connectivity index (χ0) is 16.1. The van der Waals surface area contributed by atoms with Gasteiger partial charge in [-0.25, -0.2) is 0 Å². The Bertz CT molecular complexity index is 755. The summed E-state index contributed by atoms with van der Waals surface area (Å²) in [6.07, 6.45) is 2.14. The van der Waals surface area contributed by atoms with Crippen molar-refractivity contribution in [1.29, 1.82) is 0 Å². The molecule has 0 aliphatic carbocycles. The molecule has 0 N–H and O–H groups in total. The smallest absolute Gasteiger partial charge is 0.277 e. The molecule has 3 nitrogen and oxygen atoms in total. The summed E-state index contributed by atoms with van der Waals surface area (Å²) in [4.78, 5) is 0. The Balaban J connectivity index is 1.59. The molecule has 0 saturated carbocycles. The first kappa shape index (κ1) is 15.8. The van der Waals surface area contributed by atoms with Crippen molar-refractivity contribution in [2.45, 2.75) is 37.2 Å². The Morgan fingerprint density at radius 2 is 1.74 bits per heavy atom. The summed E-state index contributed by atoms with van der Waals surface area (Å²) in [7, 11) is 0. The summed E-state index contributed by atoms with van der Waals surface area (Å²) in [5.41, 5.74) is 3.51. The van der Waals surface area contributed by atoms with Gasteiger partial charge in [0, 0.05) is 10.8 Å². The van der Waals surface area contributed by atoms with Crippen LogP contribution in [0.15, 0.2) is 64.2 Å². The van der Waals surface area contributed by atoms with Gasteiger partial charge in [0.05, 0.1) is 0 Å². The van der Waals surface area contributed by atoms with E-state index < -0.39 is 0 Å². The highest BCUT2D eigenvalue weighted by Crippen LogP contribution is 2.29. The van der Waals surface area contributed by atoms with Crippen LogP contribution in [-0.4, -0.2) is 15.4 Å². The lowest BCUT2D eigenvalue weighted by atomic mass is 10.1. The van der Waals surface area contributed by atoms with E-state index in [0.29, 0.717) is 16.4 Å². The molecule has 0 aliphatic heterocycles. The van der Waals surface area contributed by atoms with Gasteiger partial charge < -0.3 is 4.42 Å². The van der Waals surface area contributed by atoms with E-state index in [0.717, 1.165) is 24.0 Å². The molecule has 1 unspecified atom stereocenters. The molecule has 3 rings (SSSR count). The quantitative estimate of drug-likeness (QED) is 0.587. The molecule has 0 fully saturated rings. The van der Waals surface area contributed by atoms with Crippen LogP contribution in [0.1, 0.15) is 24.5 Å². The zero-order valence-corrected chi connectivity index (χ0v) is 14.2. The first-order valence-electron chi connectivity index (χ1n) is 7.82. The fourth-order valence-electron chi connectivity index (χ4n) is 2.42. The van der Waals surface area contributed by atoms with Gasteiger partial charge in [0.2, 0.25) is 5.89 Å². The van der Waals surface area contributed by atoms with Crippen molar-refractivity contribution >= 4 is 11.8 Å². The summed E-state index contributed by atoms with van der Waals surface area (Å²) in [5, 5.41) is 9.43. The van der Waals surface area contributed by atoms with Crippen LogP contribution >= 0.6 is 11.8 Å². The number of thioether (sulfide) groups is 1. The minimum absolute atomic E-state index is 0.431. The number of rotatable bonds is 6. The normalized spacial score (nSPS) is 12.3. The van der Waals surface area contributed by atoms with Crippen molar-refractivity contribution in [2.24, 2.45) is 0 Å². The standard InChI is InChI=1S/C19H20N2OS/c1-14-8-6-7-11-17(14)18-20-21-19(22-18)23-15(2)12-13-16-9-4-3-5-10-16/h3-11,15H,12-13H2,1-2H3. The van der Waals surface area contributed by atoms with Crippen molar-refractivity contribution in [2.75, 3.05) is 0 Å². The highest BCUT2D eigenvalue weighted by molar-refractivity contribution is 7.99. The third kappa shape index (κ3) is 4.23. The lowest BCUT2D eigenvalue weighted by molar-refractivity contribution is 0.464. The Morgan fingerprint density at radius 3 is 2.52 bits per heavy atom. The van der Waals surface area contributed by atoms with E-state index in [2.05, 4.69) is 54.4 Å². The molecule has 0 bridgehead atoms. The Morgan fingerprint density at radius 1 is 1.00 bits per heavy atom. The van der Waals surface area contributed by atoms with Crippen LogP contribution in [-0.2, 0) is 6.42 Å². The zero-order valence-electron chi connectivity index (χ0n) is 13.4. The number of benzene rings is 2. The second-order valence-corrected chi connectivity index (χ2v) is 7.03. The predicted molar refractivity (Wildman–Crippen MR) is 94.6 cm³/mol. The summed E-state index contributed by atoms with van der Waals surface area (Å²) in [5.74, 6) is 0.598. The van der Waals surface area contributed by atoms with Gasteiger partial charge in [0.15, 0.2) is 0 Å². The molecule has 0 amide bonds. The minimum Gasteiger partial charge on any atom is -0.411 e. The van der Waals surface area contributed by atoms with Crippen molar-refractivity contribution in [3.05, 3.63) is 65.7 Å². The van der Waals surface area contributed by atoms with Crippen LogP contribution in [0.3, 0.4) is 0 Å². The summed E-state index contributed by atoms with van der Waals surface area (Å²) >= 11 is 1.64. The molecule has 0 saturated heterocycles. The van der Waals surface area contributed by atoms with Crippen LogP contribution in [0, 0.1) is 6.92 Å². The summed E-state index contributed by atoms with van der Waals surface area (Å²) in [6, 6.07) is 18.6. The van der Waals surface area contributed by atoms with E-state index in [9.17, 15) is 0 Å². The van der Waals surface area contributed by atoms with Crippen LogP contribution in [0.2, 0.25) is 0 Å². The van der Waals surface area contributed by atoms with E-state index in [1.54, 1.807) is 11.8 Å². The molecule has 1 aromatic heterocycles. The molecule has 118 valence electrons. The van der Waals surface area contributed by atoms with Gasteiger partial charge in [0.1, 0.15) is 0 Å². The third-order valence-corrected chi connectivity index (χ3v) is 4.77. The Kier molecular flexibility index (Phi) is 5.13. The number of aryl methyl sites for hydroxylation is 2. The summed E-state index contributed by atoms with van der Waals surface area (Å²) < 4.78 is 5.81. The van der Waals surface area contributed by atoms with Crippen LogP contribution in [0.4, 0.5) is 0 Å². The summed E-state index contributed by atoms with van der Waals surface area (Å²) in [6.45, 7) is 4.25. The first-order chi connectivity index (χ1) is 11.2. The van der Waals surface area contributed by atoms with Crippen LogP contribution < -0.4 is 0 Å². The highest BCUT2D eigenvalue weighted by Gasteiger charge is 2.13. The van der Waals surface area contributed by atoms with Crippen LogP contribution in [0.5, 0.6) is 0 Å². The molecular weight excluding hydrogens is 304 g/mol. The largest absolute Gasteiger partial charge is 0.411 e. The van der Waals surface area contributed by atoms with Gasteiger partial charge in [-0.2, -0.15) is 0 Å². The number of nitrogens with zero attached hydrogens (tertiary/aromatic N) is 2. The maximum atomic E-state index is 5.81. The number of hydrogen-bond donors (Lipinski definition) is 0. The SMILES string of the molecule is Cc1ccccc1-c1nnc(SC(C)CCc2ccccc2)o1. The third-order valence-electron chi connectivity index (χ3n) is 3.77. The molecule has 1 atom stereocenters. The van der Waals surface area contributed by atoms with E-state index in [1.807, 2.05) is 24.3 Å². The molecule has 0 spiro atoms. The molecule has 0 radical (unpaired) electrons. The lowest BCUT2D eigenvalue weighted by Crippen LogP contribution is -1.98. The van der Waals surface area contributed by atoms with Crippen molar-refractivity contribution in [1.82, 2.24) is 10.2 Å². The molecule has 3 aromatic rings. The average molecular weight is 324 g/mol. The van der Waals surface area contributed by atoms with E-state index in [-0.39, 0.29) is 0 Å². The van der Waals surface area contributed by atoms with Crippen molar-refractivity contribution in [3.63, 3.8) is 0 Å². The Hall–Kier alpha value is -2.07. The topological polar surface area (TPSA) is 38.9 Å². The number of hydrogen-bond acceptors (Lipinski definition) is 4. The van der Waals surface area contributed by atoms with Gasteiger partial charge in [0.25, 0.3) is 5.22 Å². The van der Waals surface area contributed by atoms with Gasteiger partial charge in [-0.3, -0.25) is 0 Å². The molecule has 2 aromatic carbocycles. The highest BCUT2D eigenvalue weighted by atomic mass is 32.2. The average Bonchev–Trinajstić information content (AvgIpc) is 3.02. The first-order valence-corrected chi connectivity index (χ1v) is 8.70. The second-order valence-electron chi connectivity index (χ2n) is 5.64. The lowest BCUT2D eigenvalue weighted by Gasteiger charge is -2.07. The van der Waals surface area contributed by atoms with Gasteiger partial charge in [-0.05, 0) is 37.0 Å². The molecular formula is C19H20N2OS. The van der Waals surface area contributed by atoms with Gasteiger partial charge >= 0.3 is 0 Å². The molecule has 0 aliphatic rings. The van der Waals surface area contributed by atoms with Gasteiger partial charge in [-0.1, -0.05) is 67.2 Å². The second kappa shape index (κ2) is 7.47. The minimum atomic E-state index is 0.431.